The maximum Gasteiger partial charge on any atom is 0.0991 e. The molecule has 1 N–H and O–H groups in total. The maximum absolute atomic E-state index is 8.79. The first-order valence-electron chi connectivity index (χ1n) is 6.99. The quantitative estimate of drug-likeness (QED) is 0.872. The van der Waals surface area contributed by atoms with Gasteiger partial charge in [0, 0.05) is 12.1 Å². The highest BCUT2D eigenvalue weighted by Crippen LogP contribution is 2.29. The monoisotopic (exact) mass is 242 g/mol. The summed E-state index contributed by atoms with van der Waals surface area (Å²) in [6.45, 7) is 4.50. The zero-order valence-corrected chi connectivity index (χ0v) is 11.3. The van der Waals surface area contributed by atoms with E-state index in [0.717, 1.165) is 11.5 Å². The predicted molar refractivity (Wildman–Crippen MR) is 74.1 cm³/mol. The SMILES string of the molecule is CCC1CCC(NC(C)c2ccc(C#N)cc2)C1. The van der Waals surface area contributed by atoms with Gasteiger partial charge in [-0.2, -0.15) is 5.26 Å². The Morgan fingerprint density at radius 2 is 2.06 bits per heavy atom. The number of hydrogen-bond donors (Lipinski definition) is 1. The van der Waals surface area contributed by atoms with Crippen LogP contribution in [-0.2, 0) is 0 Å². The Morgan fingerprint density at radius 3 is 2.61 bits per heavy atom. The lowest BCUT2D eigenvalue weighted by atomic mass is 10.0. The molecule has 0 saturated heterocycles. The number of hydrogen-bond acceptors (Lipinski definition) is 2. The van der Waals surface area contributed by atoms with Gasteiger partial charge in [-0.3, -0.25) is 0 Å². The van der Waals surface area contributed by atoms with Crippen molar-refractivity contribution in [2.24, 2.45) is 5.92 Å². The van der Waals surface area contributed by atoms with E-state index in [1.54, 1.807) is 0 Å². The number of benzene rings is 1. The van der Waals surface area contributed by atoms with Crippen molar-refractivity contribution in [1.82, 2.24) is 5.32 Å². The molecule has 0 aliphatic heterocycles. The van der Waals surface area contributed by atoms with E-state index < -0.39 is 0 Å². The number of nitriles is 1. The first kappa shape index (κ1) is 13.1. The fourth-order valence-electron chi connectivity index (χ4n) is 2.89. The molecule has 3 unspecified atom stereocenters. The normalized spacial score (nSPS) is 24.7. The van der Waals surface area contributed by atoms with Crippen LogP contribution >= 0.6 is 0 Å². The summed E-state index contributed by atoms with van der Waals surface area (Å²) >= 11 is 0. The molecule has 0 radical (unpaired) electrons. The van der Waals surface area contributed by atoms with Gasteiger partial charge in [0.15, 0.2) is 0 Å². The fourth-order valence-corrected chi connectivity index (χ4v) is 2.89. The molecule has 18 heavy (non-hydrogen) atoms. The fraction of sp³-hybridized carbons (Fsp3) is 0.562. The molecule has 0 bridgehead atoms. The molecule has 0 spiro atoms. The van der Waals surface area contributed by atoms with Crippen LogP contribution in [-0.4, -0.2) is 6.04 Å². The minimum absolute atomic E-state index is 0.373. The Labute approximate surface area is 110 Å². The molecule has 1 aromatic carbocycles. The summed E-state index contributed by atoms with van der Waals surface area (Å²) in [4.78, 5) is 0. The largest absolute Gasteiger partial charge is 0.307 e. The lowest BCUT2D eigenvalue weighted by molar-refractivity contribution is 0.437. The molecule has 1 saturated carbocycles. The molecular formula is C16H22N2. The summed E-state index contributed by atoms with van der Waals surface area (Å²) in [5.74, 6) is 0.913. The summed E-state index contributed by atoms with van der Waals surface area (Å²) in [5, 5.41) is 12.5. The Kier molecular flexibility index (Phi) is 4.38. The molecule has 1 fully saturated rings. The van der Waals surface area contributed by atoms with Crippen LogP contribution in [0.1, 0.15) is 56.7 Å². The van der Waals surface area contributed by atoms with Crippen molar-refractivity contribution < 1.29 is 0 Å². The van der Waals surface area contributed by atoms with Crippen LogP contribution in [0.5, 0.6) is 0 Å². The highest BCUT2D eigenvalue weighted by atomic mass is 14.9. The van der Waals surface area contributed by atoms with Crippen molar-refractivity contribution in [2.75, 3.05) is 0 Å². The van der Waals surface area contributed by atoms with E-state index in [0.29, 0.717) is 12.1 Å². The second-order valence-electron chi connectivity index (χ2n) is 5.41. The highest BCUT2D eigenvalue weighted by molar-refractivity contribution is 5.32. The van der Waals surface area contributed by atoms with Gasteiger partial charge < -0.3 is 5.32 Å². The van der Waals surface area contributed by atoms with Gasteiger partial charge in [0.2, 0.25) is 0 Å². The Balaban J connectivity index is 1.91. The van der Waals surface area contributed by atoms with Crippen molar-refractivity contribution in [3.8, 4) is 6.07 Å². The van der Waals surface area contributed by atoms with E-state index in [1.165, 1.54) is 31.2 Å². The van der Waals surface area contributed by atoms with Crippen LogP contribution in [0, 0.1) is 17.2 Å². The van der Waals surface area contributed by atoms with Gasteiger partial charge in [-0.25, -0.2) is 0 Å². The third-order valence-electron chi connectivity index (χ3n) is 4.14. The molecule has 0 amide bonds. The molecule has 1 aliphatic rings. The topological polar surface area (TPSA) is 35.8 Å². The van der Waals surface area contributed by atoms with Crippen LogP contribution in [0.15, 0.2) is 24.3 Å². The van der Waals surface area contributed by atoms with Gasteiger partial charge >= 0.3 is 0 Å². The zero-order valence-electron chi connectivity index (χ0n) is 11.3. The van der Waals surface area contributed by atoms with Gasteiger partial charge in [-0.05, 0) is 49.8 Å². The average molecular weight is 242 g/mol. The first-order chi connectivity index (χ1) is 8.72. The zero-order chi connectivity index (χ0) is 13.0. The second kappa shape index (κ2) is 6.02. The van der Waals surface area contributed by atoms with Crippen LogP contribution in [0.4, 0.5) is 0 Å². The van der Waals surface area contributed by atoms with Gasteiger partial charge in [-0.15, -0.1) is 0 Å². The van der Waals surface area contributed by atoms with Crippen LogP contribution < -0.4 is 5.32 Å². The molecule has 3 atom stereocenters. The maximum atomic E-state index is 8.79. The molecule has 2 nitrogen and oxygen atoms in total. The van der Waals surface area contributed by atoms with E-state index in [-0.39, 0.29) is 0 Å². The molecule has 1 aromatic rings. The first-order valence-corrected chi connectivity index (χ1v) is 6.99. The molecule has 0 heterocycles. The average Bonchev–Trinajstić information content (AvgIpc) is 2.86. The van der Waals surface area contributed by atoms with Gasteiger partial charge in [-0.1, -0.05) is 25.5 Å². The van der Waals surface area contributed by atoms with E-state index in [1.807, 2.05) is 12.1 Å². The molecule has 2 rings (SSSR count). The van der Waals surface area contributed by atoms with Crippen LogP contribution in [0.25, 0.3) is 0 Å². The van der Waals surface area contributed by atoms with E-state index in [2.05, 4.69) is 37.4 Å². The summed E-state index contributed by atoms with van der Waals surface area (Å²) in [7, 11) is 0. The van der Waals surface area contributed by atoms with E-state index >= 15 is 0 Å². The molecule has 1 aliphatic carbocycles. The summed E-state index contributed by atoms with van der Waals surface area (Å²) < 4.78 is 0. The summed E-state index contributed by atoms with van der Waals surface area (Å²) in [6.07, 6.45) is 5.30. The number of nitrogens with zero attached hydrogens (tertiary/aromatic N) is 1. The standard InChI is InChI=1S/C16H22N2/c1-3-13-6-9-16(10-13)18-12(2)15-7-4-14(11-17)5-8-15/h4-5,7-8,12-13,16,18H,3,6,9-10H2,1-2H3. The predicted octanol–water partition coefficient (Wildman–Crippen LogP) is 3.79. The minimum Gasteiger partial charge on any atom is -0.307 e. The minimum atomic E-state index is 0.373. The lowest BCUT2D eigenvalue weighted by Gasteiger charge is -2.20. The third kappa shape index (κ3) is 3.11. The van der Waals surface area contributed by atoms with E-state index in [4.69, 9.17) is 5.26 Å². The van der Waals surface area contributed by atoms with Gasteiger partial charge in [0.05, 0.1) is 11.6 Å². The van der Waals surface area contributed by atoms with E-state index in [9.17, 15) is 0 Å². The lowest BCUT2D eigenvalue weighted by Crippen LogP contribution is -2.29. The Bertz CT molecular complexity index is 416. The molecule has 2 heteroatoms. The van der Waals surface area contributed by atoms with Crippen molar-refractivity contribution in [3.63, 3.8) is 0 Å². The van der Waals surface area contributed by atoms with Gasteiger partial charge in [0.25, 0.3) is 0 Å². The van der Waals surface area contributed by atoms with Crippen molar-refractivity contribution in [2.45, 2.75) is 51.6 Å². The number of rotatable bonds is 4. The second-order valence-corrected chi connectivity index (χ2v) is 5.41. The molecular weight excluding hydrogens is 220 g/mol. The smallest absolute Gasteiger partial charge is 0.0991 e. The summed E-state index contributed by atoms with van der Waals surface area (Å²) in [6, 6.07) is 11.1. The third-order valence-corrected chi connectivity index (χ3v) is 4.14. The molecule has 0 aromatic heterocycles. The van der Waals surface area contributed by atoms with Crippen molar-refractivity contribution in [3.05, 3.63) is 35.4 Å². The summed E-state index contributed by atoms with van der Waals surface area (Å²) in [5.41, 5.74) is 2.01. The Morgan fingerprint density at radius 1 is 1.33 bits per heavy atom. The Hall–Kier alpha value is -1.33. The highest BCUT2D eigenvalue weighted by Gasteiger charge is 2.24. The molecule has 96 valence electrons. The van der Waals surface area contributed by atoms with Crippen LogP contribution in [0.2, 0.25) is 0 Å². The van der Waals surface area contributed by atoms with Crippen LogP contribution in [0.3, 0.4) is 0 Å². The van der Waals surface area contributed by atoms with Crippen molar-refractivity contribution in [1.29, 1.82) is 5.26 Å². The van der Waals surface area contributed by atoms with Gasteiger partial charge in [0.1, 0.15) is 0 Å². The number of nitrogens with one attached hydrogen (secondary N) is 1. The van der Waals surface area contributed by atoms with Crippen molar-refractivity contribution >= 4 is 0 Å².